The largest absolute Gasteiger partial charge is 0.304 e. The van der Waals surface area contributed by atoms with Crippen LogP contribution in [0.4, 0.5) is 5.82 Å². The quantitative estimate of drug-likeness (QED) is 0.387. The molecule has 0 saturated carbocycles. The highest BCUT2D eigenvalue weighted by molar-refractivity contribution is 6.48. The number of aryl methyl sites for hydroxylation is 1. The standard InChI is InChI=1S/C25H24N4O2/c1-25(2,3)21-14-22(29(4)28-21)27-24(31)23(30)20-12-11-17(16-8-7-13-26-15-16)18-9-5-6-10-19(18)20/h5-15H,1-4H3,(H,27,31). The second-order valence-electron chi connectivity index (χ2n) is 8.52. The number of carbonyl (C=O) groups excluding carboxylic acids is 2. The zero-order valence-electron chi connectivity index (χ0n) is 18.0. The fourth-order valence-electron chi connectivity index (χ4n) is 3.52. The number of hydrogen-bond acceptors (Lipinski definition) is 4. The van der Waals surface area contributed by atoms with Crippen LogP contribution < -0.4 is 5.32 Å². The van der Waals surface area contributed by atoms with E-state index in [2.05, 4.69) is 15.4 Å². The Morgan fingerprint density at radius 3 is 2.35 bits per heavy atom. The Bertz CT molecular complexity index is 1280. The van der Waals surface area contributed by atoms with Crippen molar-refractivity contribution < 1.29 is 9.59 Å². The van der Waals surface area contributed by atoms with Gasteiger partial charge in [0.2, 0.25) is 0 Å². The second kappa shape index (κ2) is 7.80. The molecule has 0 unspecified atom stereocenters. The molecule has 0 spiro atoms. The summed E-state index contributed by atoms with van der Waals surface area (Å²) in [6, 6.07) is 16.8. The highest BCUT2D eigenvalue weighted by Gasteiger charge is 2.23. The molecule has 2 aromatic carbocycles. The maximum Gasteiger partial charge on any atom is 0.297 e. The molecule has 156 valence electrons. The Kier molecular flexibility index (Phi) is 5.15. The molecule has 4 rings (SSSR count). The van der Waals surface area contributed by atoms with E-state index in [4.69, 9.17) is 0 Å². The van der Waals surface area contributed by atoms with E-state index in [-0.39, 0.29) is 5.41 Å². The number of hydrogen-bond donors (Lipinski definition) is 1. The van der Waals surface area contributed by atoms with Crippen molar-refractivity contribution in [2.24, 2.45) is 7.05 Å². The summed E-state index contributed by atoms with van der Waals surface area (Å²) in [6.45, 7) is 6.13. The van der Waals surface area contributed by atoms with E-state index in [1.807, 2.05) is 63.2 Å². The van der Waals surface area contributed by atoms with Crippen molar-refractivity contribution in [3.63, 3.8) is 0 Å². The molecule has 0 bridgehead atoms. The minimum Gasteiger partial charge on any atom is -0.304 e. The van der Waals surface area contributed by atoms with E-state index < -0.39 is 11.7 Å². The highest BCUT2D eigenvalue weighted by atomic mass is 16.2. The first-order valence-electron chi connectivity index (χ1n) is 10.1. The average Bonchev–Trinajstić information content (AvgIpc) is 3.14. The number of nitrogens with one attached hydrogen (secondary N) is 1. The van der Waals surface area contributed by atoms with Gasteiger partial charge in [-0.3, -0.25) is 19.3 Å². The Morgan fingerprint density at radius 1 is 0.968 bits per heavy atom. The first kappa shape index (κ1) is 20.5. The highest BCUT2D eigenvalue weighted by Crippen LogP contribution is 2.31. The molecule has 0 aliphatic rings. The van der Waals surface area contributed by atoms with Crippen LogP contribution in [0.15, 0.2) is 67.0 Å². The second-order valence-corrected chi connectivity index (χ2v) is 8.52. The monoisotopic (exact) mass is 412 g/mol. The molecular formula is C25H24N4O2. The topological polar surface area (TPSA) is 76.9 Å². The van der Waals surface area contributed by atoms with E-state index in [1.54, 1.807) is 36.3 Å². The van der Waals surface area contributed by atoms with Crippen molar-refractivity contribution in [1.82, 2.24) is 14.8 Å². The summed E-state index contributed by atoms with van der Waals surface area (Å²) in [5.74, 6) is -0.797. The molecule has 1 N–H and O–H groups in total. The molecule has 6 nitrogen and oxygen atoms in total. The Hall–Kier alpha value is -3.80. The molecule has 0 aliphatic heterocycles. The summed E-state index contributed by atoms with van der Waals surface area (Å²) in [5.41, 5.74) is 2.94. The van der Waals surface area contributed by atoms with Crippen LogP contribution in [0, 0.1) is 0 Å². The number of Topliss-reactive ketones (excluding diaryl/α,β-unsaturated/α-hetero) is 1. The zero-order valence-corrected chi connectivity index (χ0v) is 18.0. The van der Waals surface area contributed by atoms with Gasteiger partial charge in [0.1, 0.15) is 5.82 Å². The molecule has 1 amide bonds. The molecule has 0 saturated heterocycles. The van der Waals surface area contributed by atoms with Crippen molar-refractivity contribution in [3.05, 3.63) is 78.2 Å². The number of fused-ring (bicyclic) bond motifs is 1. The van der Waals surface area contributed by atoms with E-state index in [9.17, 15) is 9.59 Å². The molecule has 31 heavy (non-hydrogen) atoms. The van der Waals surface area contributed by atoms with E-state index >= 15 is 0 Å². The third-order valence-corrected chi connectivity index (χ3v) is 5.24. The third-order valence-electron chi connectivity index (χ3n) is 5.24. The Labute approximate surface area is 180 Å². The third kappa shape index (κ3) is 3.97. The number of carbonyl (C=O) groups is 2. The van der Waals surface area contributed by atoms with Crippen molar-refractivity contribution in [2.75, 3.05) is 5.32 Å². The van der Waals surface area contributed by atoms with Crippen LogP contribution in [-0.4, -0.2) is 26.5 Å². The number of ketones is 1. The molecule has 0 fully saturated rings. The Morgan fingerprint density at radius 2 is 1.71 bits per heavy atom. The van der Waals surface area contributed by atoms with Crippen LogP contribution in [0.5, 0.6) is 0 Å². The first-order chi connectivity index (χ1) is 14.8. The molecule has 4 aromatic rings. The fraction of sp³-hybridized carbons (Fsp3) is 0.200. The van der Waals surface area contributed by atoms with Crippen LogP contribution in [0.3, 0.4) is 0 Å². The molecular weight excluding hydrogens is 388 g/mol. The maximum absolute atomic E-state index is 13.1. The van der Waals surface area contributed by atoms with Gasteiger partial charge in [-0.2, -0.15) is 5.10 Å². The van der Waals surface area contributed by atoms with Gasteiger partial charge in [0.05, 0.1) is 5.69 Å². The molecule has 2 aromatic heterocycles. The predicted octanol–water partition coefficient (Wildman–Crippen LogP) is 4.75. The lowest BCUT2D eigenvalue weighted by Gasteiger charge is -2.13. The zero-order chi connectivity index (χ0) is 22.2. The first-order valence-corrected chi connectivity index (χ1v) is 10.1. The summed E-state index contributed by atoms with van der Waals surface area (Å²) < 4.78 is 1.58. The van der Waals surface area contributed by atoms with E-state index in [0.29, 0.717) is 11.4 Å². The van der Waals surface area contributed by atoms with Crippen LogP contribution in [0.25, 0.3) is 21.9 Å². The normalized spacial score (nSPS) is 11.5. The van der Waals surface area contributed by atoms with Gasteiger partial charge < -0.3 is 5.32 Å². The molecule has 2 heterocycles. The fourth-order valence-corrected chi connectivity index (χ4v) is 3.52. The van der Waals surface area contributed by atoms with Crippen LogP contribution >= 0.6 is 0 Å². The summed E-state index contributed by atoms with van der Waals surface area (Å²) in [4.78, 5) is 30.1. The van der Waals surface area contributed by atoms with Gasteiger partial charge in [-0.1, -0.05) is 57.2 Å². The Balaban J connectivity index is 1.69. The lowest BCUT2D eigenvalue weighted by atomic mass is 9.92. The lowest BCUT2D eigenvalue weighted by molar-refractivity contribution is -0.112. The van der Waals surface area contributed by atoms with Gasteiger partial charge in [0.25, 0.3) is 11.7 Å². The van der Waals surface area contributed by atoms with Gasteiger partial charge in [-0.15, -0.1) is 0 Å². The molecule has 6 heteroatoms. The van der Waals surface area contributed by atoms with E-state index in [1.165, 1.54) is 0 Å². The smallest absolute Gasteiger partial charge is 0.297 e. The summed E-state index contributed by atoms with van der Waals surface area (Å²) >= 11 is 0. The van der Waals surface area contributed by atoms with Crippen molar-refractivity contribution in [2.45, 2.75) is 26.2 Å². The van der Waals surface area contributed by atoms with Gasteiger partial charge in [0, 0.05) is 42.0 Å². The van der Waals surface area contributed by atoms with Crippen LogP contribution in [0.1, 0.15) is 36.8 Å². The number of aromatic nitrogens is 3. The van der Waals surface area contributed by atoms with Gasteiger partial charge in [-0.25, -0.2) is 0 Å². The minimum atomic E-state index is -0.692. The van der Waals surface area contributed by atoms with E-state index in [0.717, 1.165) is 27.6 Å². The lowest BCUT2D eigenvalue weighted by Crippen LogP contribution is -2.24. The van der Waals surface area contributed by atoms with Crippen molar-refractivity contribution in [1.29, 1.82) is 0 Å². The molecule has 0 aliphatic carbocycles. The van der Waals surface area contributed by atoms with Crippen LogP contribution in [-0.2, 0) is 17.3 Å². The molecule has 0 radical (unpaired) electrons. The number of pyridine rings is 1. The number of rotatable bonds is 4. The molecule has 0 atom stereocenters. The average molecular weight is 412 g/mol. The van der Waals surface area contributed by atoms with Crippen LogP contribution in [0.2, 0.25) is 0 Å². The maximum atomic E-state index is 13.1. The minimum absolute atomic E-state index is 0.164. The summed E-state index contributed by atoms with van der Waals surface area (Å²) in [6.07, 6.45) is 3.50. The summed E-state index contributed by atoms with van der Waals surface area (Å²) in [7, 11) is 1.74. The number of nitrogens with zero attached hydrogens (tertiary/aromatic N) is 3. The van der Waals surface area contributed by atoms with Gasteiger partial charge in [-0.05, 0) is 28.5 Å². The summed E-state index contributed by atoms with van der Waals surface area (Å²) in [5, 5.41) is 8.78. The van der Waals surface area contributed by atoms with Gasteiger partial charge >= 0.3 is 0 Å². The predicted molar refractivity (Wildman–Crippen MR) is 122 cm³/mol. The number of anilines is 1. The van der Waals surface area contributed by atoms with Gasteiger partial charge in [0.15, 0.2) is 0 Å². The SMILES string of the molecule is Cn1nc(C(C)(C)C)cc1NC(=O)C(=O)c1ccc(-c2cccnc2)c2ccccc12. The van der Waals surface area contributed by atoms with Crippen molar-refractivity contribution >= 4 is 28.3 Å². The van der Waals surface area contributed by atoms with Crippen molar-refractivity contribution in [3.8, 4) is 11.1 Å². The number of benzene rings is 2. The number of amides is 1.